The summed E-state index contributed by atoms with van der Waals surface area (Å²) in [6.45, 7) is 2.47. The molecule has 0 bridgehead atoms. The van der Waals surface area contributed by atoms with Crippen molar-refractivity contribution >= 4 is 5.91 Å². The number of amides is 1. The molecule has 2 aromatic rings. The van der Waals surface area contributed by atoms with Gasteiger partial charge in [-0.1, -0.05) is 0 Å². The number of hydrogen-bond donors (Lipinski definition) is 2. The third kappa shape index (κ3) is 2.08. The second-order valence-electron chi connectivity index (χ2n) is 3.26. The Hall–Kier alpha value is -2.17. The summed E-state index contributed by atoms with van der Waals surface area (Å²) in [5.74, 6) is -0.143. The third-order valence-electron chi connectivity index (χ3n) is 2.14. The molecule has 2 heterocycles. The van der Waals surface area contributed by atoms with E-state index in [2.05, 4.69) is 20.5 Å². The van der Waals surface area contributed by atoms with Crippen LogP contribution in [-0.4, -0.2) is 27.6 Å². The minimum atomic E-state index is -0.143. The molecule has 0 saturated heterocycles. The molecule has 0 radical (unpaired) electrons. The smallest absolute Gasteiger partial charge is 0.269 e. The zero-order chi connectivity index (χ0) is 11.4. The Morgan fingerprint density at radius 2 is 2.19 bits per heavy atom. The summed E-state index contributed by atoms with van der Waals surface area (Å²) in [4.78, 5) is 15.4. The van der Waals surface area contributed by atoms with Gasteiger partial charge in [-0.25, -0.2) is 0 Å². The third-order valence-corrected chi connectivity index (χ3v) is 2.14. The molecule has 0 aliphatic heterocycles. The minimum Gasteiger partial charge on any atom is -0.351 e. The van der Waals surface area contributed by atoms with Gasteiger partial charge in [-0.3, -0.25) is 14.9 Å². The van der Waals surface area contributed by atoms with Crippen LogP contribution in [0.4, 0.5) is 0 Å². The van der Waals surface area contributed by atoms with E-state index in [4.69, 9.17) is 0 Å². The lowest BCUT2D eigenvalue weighted by Gasteiger charge is -1.96. The zero-order valence-electron chi connectivity index (χ0n) is 8.90. The number of nitrogens with zero attached hydrogens (tertiary/aromatic N) is 2. The summed E-state index contributed by atoms with van der Waals surface area (Å²) in [6, 6.07) is 5.41. The highest BCUT2D eigenvalue weighted by atomic mass is 16.1. The molecule has 0 aliphatic carbocycles. The average Bonchev–Trinajstić information content (AvgIpc) is 2.80. The average molecular weight is 216 g/mol. The molecule has 0 unspecified atom stereocenters. The molecule has 82 valence electrons. The summed E-state index contributed by atoms with van der Waals surface area (Å²) in [7, 11) is 0. The molecule has 2 N–H and O–H groups in total. The van der Waals surface area contributed by atoms with Crippen LogP contribution in [0.5, 0.6) is 0 Å². The minimum absolute atomic E-state index is 0.143. The molecular formula is C11H12N4O. The van der Waals surface area contributed by atoms with Gasteiger partial charge in [0, 0.05) is 24.5 Å². The molecule has 2 rings (SSSR count). The molecule has 0 spiro atoms. The van der Waals surface area contributed by atoms with E-state index >= 15 is 0 Å². The lowest BCUT2D eigenvalue weighted by Crippen LogP contribution is -2.22. The Morgan fingerprint density at radius 1 is 1.44 bits per heavy atom. The molecule has 1 amide bonds. The largest absolute Gasteiger partial charge is 0.351 e. The number of carbonyl (C=O) groups is 1. The Labute approximate surface area is 92.9 Å². The van der Waals surface area contributed by atoms with Crippen LogP contribution in [-0.2, 0) is 0 Å². The molecule has 16 heavy (non-hydrogen) atoms. The van der Waals surface area contributed by atoms with Crippen LogP contribution >= 0.6 is 0 Å². The van der Waals surface area contributed by atoms with Crippen LogP contribution in [0.2, 0.25) is 0 Å². The number of carbonyl (C=O) groups excluding carboxylic acids is 1. The summed E-state index contributed by atoms with van der Waals surface area (Å²) in [5, 5.41) is 9.49. The highest BCUT2D eigenvalue weighted by molar-refractivity contribution is 5.93. The van der Waals surface area contributed by atoms with Gasteiger partial charge in [0.15, 0.2) is 0 Å². The molecule has 0 atom stereocenters. The Kier molecular flexibility index (Phi) is 2.95. The molecule has 0 fully saturated rings. The Morgan fingerprint density at radius 3 is 2.88 bits per heavy atom. The number of pyridine rings is 1. The van der Waals surface area contributed by atoms with E-state index in [0.29, 0.717) is 12.2 Å². The van der Waals surface area contributed by atoms with Gasteiger partial charge in [0.25, 0.3) is 5.91 Å². The molecule has 0 aliphatic rings. The van der Waals surface area contributed by atoms with E-state index in [1.54, 1.807) is 18.5 Å². The van der Waals surface area contributed by atoms with Crippen molar-refractivity contribution in [2.45, 2.75) is 6.92 Å². The van der Waals surface area contributed by atoms with E-state index in [1.807, 2.05) is 19.1 Å². The van der Waals surface area contributed by atoms with Crippen molar-refractivity contribution in [1.82, 2.24) is 20.5 Å². The lowest BCUT2D eigenvalue weighted by atomic mass is 10.2. The normalized spacial score (nSPS) is 10.1. The first kappa shape index (κ1) is 10.4. The monoisotopic (exact) mass is 216 g/mol. The number of aromatic nitrogens is 3. The standard InChI is InChI=1S/C11H12N4O/c1-2-13-11(16)10-7-9(14-15-10)8-3-5-12-6-4-8/h3-7H,2H2,1H3,(H,13,16)(H,14,15). The fourth-order valence-corrected chi connectivity index (χ4v) is 1.36. The van der Waals surface area contributed by atoms with Crippen molar-refractivity contribution in [1.29, 1.82) is 0 Å². The first-order chi connectivity index (χ1) is 7.81. The summed E-state index contributed by atoms with van der Waals surface area (Å²) >= 11 is 0. The molecule has 0 aromatic carbocycles. The summed E-state index contributed by atoms with van der Waals surface area (Å²) in [6.07, 6.45) is 3.38. The number of rotatable bonds is 3. The van der Waals surface area contributed by atoms with Crippen LogP contribution in [0.3, 0.4) is 0 Å². The van der Waals surface area contributed by atoms with Gasteiger partial charge < -0.3 is 5.32 Å². The van der Waals surface area contributed by atoms with Crippen molar-refractivity contribution in [3.63, 3.8) is 0 Å². The maximum Gasteiger partial charge on any atom is 0.269 e. The van der Waals surface area contributed by atoms with Crippen LogP contribution in [0.1, 0.15) is 17.4 Å². The second kappa shape index (κ2) is 4.57. The fraction of sp³-hybridized carbons (Fsp3) is 0.182. The van der Waals surface area contributed by atoms with Crippen molar-refractivity contribution < 1.29 is 4.79 Å². The predicted molar refractivity (Wildman–Crippen MR) is 59.8 cm³/mol. The number of nitrogens with one attached hydrogen (secondary N) is 2. The number of aromatic amines is 1. The number of H-pyrrole nitrogens is 1. The first-order valence-electron chi connectivity index (χ1n) is 5.05. The highest BCUT2D eigenvalue weighted by Gasteiger charge is 2.09. The molecule has 5 heteroatoms. The Bertz CT molecular complexity index is 478. The van der Waals surface area contributed by atoms with Crippen molar-refractivity contribution in [2.75, 3.05) is 6.54 Å². The summed E-state index contributed by atoms with van der Waals surface area (Å²) in [5.41, 5.74) is 2.14. The van der Waals surface area contributed by atoms with Gasteiger partial charge in [0.1, 0.15) is 5.69 Å². The molecular weight excluding hydrogens is 204 g/mol. The van der Waals surface area contributed by atoms with Gasteiger partial charge in [-0.05, 0) is 25.1 Å². The first-order valence-corrected chi connectivity index (χ1v) is 5.05. The maximum atomic E-state index is 11.5. The lowest BCUT2D eigenvalue weighted by molar-refractivity contribution is 0.0951. The SMILES string of the molecule is CCNC(=O)c1cc(-c2ccncc2)n[nH]1. The second-order valence-corrected chi connectivity index (χ2v) is 3.26. The van der Waals surface area contributed by atoms with E-state index in [0.717, 1.165) is 11.3 Å². The topological polar surface area (TPSA) is 70.7 Å². The van der Waals surface area contributed by atoms with Gasteiger partial charge >= 0.3 is 0 Å². The molecule has 2 aromatic heterocycles. The van der Waals surface area contributed by atoms with Gasteiger partial charge in [-0.2, -0.15) is 5.10 Å². The van der Waals surface area contributed by atoms with Crippen LogP contribution < -0.4 is 5.32 Å². The fourth-order valence-electron chi connectivity index (χ4n) is 1.36. The van der Waals surface area contributed by atoms with Crippen molar-refractivity contribution in [3.8, 4) is 11.3 Å². The predicted octanol–water partition coefficient (Wildman–Crippen LogP) is 1.22. The highest BCUT2D eigenvalue weighted by Crippen LogP contribution is 2.15. The maximum absolute atomic E-state index is 11.5. The Balaban J connectivity index is 2.23. The summed E-state index contributed by atoms with van der Waals surface area (Å²) < 4.78 is 0. The zero-order valence-corrected chi connectivity index (χ0v) is 8.90. The van der Waals surface area contributed by atoms with E-state index in [-0.39, 0.29) is 5.91 Å². The van der Waals surface area contributed by atoms with Crippen LogP contribution in [0, 0.1) is 0 Å². The van der Waals surface area contributed by atoms with E-state index in [1.165, 1.54) is 0 Å². The molecule has 5 nitrogen and oxygen atoms in total. The quantitative estimate of drug-likeness (QED) is 0.810. The number of hydrogen-bond acceptors (Lipinski definition) is 3. The van der Waals surface area contributed by atoms with Crippen LogP contribution in [0.25, 0.3) is 11.3 Å². The molecule has 0 saturated carbocycles. The van der Waals surface area contributed by atoms with Gasteiger partial charge in [0.2, 0.25) is 0 Å². The van der Waals surface area contributed by atoms with Gasteiger partial charge in [0.05, 0.1) is 5.69 Å². The van der Waals surface area contributed by atoms with E-state index in [9.17, 15) is 4.79 Å². The van der Waals surface area contributed by atoms with Gasteiger partial charge in [-0.15, -0.1) is 0 Å². The van der Waals surface area contributed by atoms with Crippen molar-refractivity contribution in [2.24, 2.45) is 0 Å². The van der Waals surface area contributed by atoms with Crippen LogP contribution in [0.15, 0.2) is 30.6 Å². The van der Waals surface area contributed by atoms with Crippen molar-refractivity contribution in [3.05, 3.63) is 36.3 Å². The van der Waals surface area contributed by atoms with E-state index < -0.39 is 0 Å².